The Balaban J connectivity index is 2.23. The molecule has 1 aliphatic carbocycles. The number of hydrogen-bond donors (Lipinski definition) is 1. The minimum atomic E-state index is -0.525. The third kappa shape index (κ3) is 2.44. The summed E-state index contributed by atoms with van der Waals surface area (Å²) in [6.45, 7) is 0. The Labute approximate surface area is 136 Å². The third-order valence-corrected chi connectivity index (χ3v) is 3.72. The Morgan fingerprint density at radius 2 is 1.71 bits per heavy atom. The first kappa shape index (κ1) is 15.2. The van der Waals surface area contributed by atoms with Crippen molar-refractivity contribution in [2.75, 3.05) is 0 Å². The van der Waals surface area contributed by atoms with E-state index in [0.29, 0.717) is 22.3 Å². The average Bonchev–Trinajstić information content (AvgIpc) is 2.60. The Kier molecular flexibility index (Phi) is 3.68. The molecule has 6 heteroatoms. The summed E-state index contributed by atoms with van der Waals surface area (Å²) in [6, 6.07) is 14.3. The summed E-state index contributed by atoms with van der Waals surface area (Å²) >= 11 is 0. The van der Waals surface area contributed by atoms with Crippen molar-refractivity contribution in [3.05, 3.63) is 87.2 Å². The fraction of sp³-hybridized carbons (Fsp3) is 0. The number of Topliss-reactive ketones (excluding diaryl/α,β-unsaturated/α-hetero) is 1. The second-order valence-corrected chi connectivity index (χ2v) is 5.11. The number of nitro benzene ring substituents is 1. The van der Waals surface area contributed by atoms with Crippen molar-refractivity contribution < 1.29 is 14.8 Å². The number of nitro groups is 1. The Hall–Kier alpha value is -3.72. The molecule has 0 saturated carbocycles. The monoisotopic (exact) mass is 318 g/mol. The van der Waals surface area contributed by atoms with Crippen LogP contribution in [0.15, 0.2) is 60.4 Å². The molecule has 0 unspecified atom stereocenters. The third-order valence-electron chi connectivity index (χ3n) is 3.72. The van der Waals surface area contributed by atoms with Gasteiger partial charge in [-0.1, -0.05) is 24.3 Å². The topological polar surface area (TPSA) is 104 Å². The largest absolute Gasteiger partial charge is 0.504 e. The minimum absolute atomic E-state index is 0.0846. The smallest absolute Gasteiger partial charge is 0.269 e. The van der Waals surface area contributed by atoms with Crippen LogP contribution >= 0.6 is 0 Å². The van der Waals surface area contributed by atoms with Crippen LogP contribution in [0.25, 0.3) is 11.1 Å². The summed E-state index contributed by atoms with van der Waals surface area (Å²) in [7, 11) is 0. The van der Waals surface area contributed by atoms with Gasteiger partial charge in [-0.25, -0.2) is 0 Å². The lowest BCUT2D eigenvalue weighted by molar-refractivity contribution is -0.384. The summed E-state index contributed by atoms with van der Waals surface area (Å²) in [5.41, 5.74) is 1.85. The summed E-state index contributed by atoms with van der Waals surface area (Å²) in [5.74, 6) is -0.950. The van der Waals surface area contributed by atoms with Crippen LogP contribution in [0.5, 0.6) is 0 Å². The molecular weight excluding hydrogens is 308 g/mol. The maximum Gasteiger partial charge on any atom is 0.269 e. The van der Waals surface area contributed by atoms with Crippen molar-refractivity contribution in [1.29, 1.82) is 5.26 Å². The standard InChI is InChI=1S/C18H10N2O4/c19-10-16(11-5-7-12(8-6-11)20(23)24)15-9-17(21)18(22)14-4-2-1-3-13(14)15/h1-9,21H/b16-15-. The molecule has 0 amide bonds. The van der Waals surface area contributed by atoms with Gasteiger partial charge in [-0.05, 0) is 29.3 Å². The molecule has 0 spiro atoms. The van der Waals surface area contributed by atoms with E-state index in [2.05, 4.69) is 6.07 Å². The first-order valence-corrected chi connectivity index (χ1v) is 6.97. The van der Waals surface area contributed by atoms with E-state index < -0.39 is 16.5 Å². The molecule has 0 bridgehead atoms. The Morgan fingerprint density at radius 3 is 2.29 bits per heavy atom. The van der Waals surface area contributed by atoms with Gasteiger partial charge in [0.25, 0.3) is 5.69 Å². The van der Waals surface area contributed by atoms with Gasteiger partial charge in [0, 0.05) is 23.3 Å². The molecular formula is C18H10N2O4. The number of nitrogens with zero attached hydrogens (tertiary/aromatic N) is 2. The van der Waals surface area contributed by atoms with Gasteiger partial charge in [0.2, 0.25) is 5.78 Å². The number of ketones is 1. The van der Waals surface area contributed by atoms with Crippen LogP contribution in [-0.4, -0.2) is 15.8 Å². The number of fused-ring (bicyclic) bond motifs is 1. The zero-order valence-electron chi connectivity index (χ0n) is 12.3. The highest BCUT2D eigenvalue weighted by molar-refractivity contribution is 6.18. The van der Waals surface area contributed by atoms with E-state index in [9.17, 15) is 25.3 Å². The van der Waals surface area contributed by atoms with Crippen LogP contribution in [0.4, 0.5) is 5.69 Å². The normalized spacial score (nSPS) is 15.1. The highest BCUT2D eigenvalue weighted by Gasteiger charge is 2.25. The number of carbonyl (C=O) groups excluding carboxylic acids is 1. The quantitative estimate of drug-likeness (QED) is 0.517. The maximum absolute atomic E-state index is 12.0. The number of carbonyl (C=O) groups is 1. The predicted molar refractivity (Wildman–Crippen MR) is 87.0 cm³/mol. The van der Waals surface area contributed by atoms with Gasteiger partial charge in [-0.15, -0.1) is 0 Å². The summed E-state index contributed by atoms with van der Waals surface area (Å²) in [4.78, 5) is 22.3. The van der Waals surface area contributed by atoms with E-state index in [0.717, 1.165) is 0 Å². The van der Waals surface area contributed by atoms with E-state index >= 15 is 0 Å². The van der Waals surface area contributed by atoms with Gasteiger partial charge < -0.3 is 5.11 Å². The van der Waals surface area contributed by atoms with Gasteiger partial charge >= 0.3 is 0 Å². The van der Waals surface area contributed by atoms with E-state index in [-0.39, 0.29) is 11.3 Å². The molecule has 6 nitrogen and oxygen atoms in total. The molecule has 0 aliphatic heterocycles. The second-order valence-electron chi connectivity index (χ2n) is 5.11. The number of non-ortho nitro benzene ring substituents is 1. The molecule has 0 radical (unpaired) electrons. The molecule has 0 fully saturated rings. The highest BCUT2D eigenvalue weighted by Crippen LogP contribution is 2.34. The molecule has 1 N–H and O–H groups in total. The molecule has 24 heavy (non-hydrogen) atoms. The Morgan fingerprint density at radius 1 is 1.08 bits per heavy atom. The van der Waals surface area contributed by atoms with Crippen LogP contribution < -0.4 is 0 Å². The summed E-state index contributed by atoms with van der Waals surface area (Å²) in [6.07, 6.45) is 1.25. The number of aliphatic hydroxyl groups excluding tert-OH is 1. The van der Waals surface area contributed by atoms with Crippen molar-refractivity contribution in [3.63, 3.8) is 0 Å². The van der Waals surface area contributed by atoms with Gasteiger partial charge in [0.1, 0.15) is 6.07 Å². The molecule has 0 aromatic heterocycles. The lowest BCUT2D eigenvalue weighted by Gasteiger charge is -2.16. The second kappa shape index (κ2) is 5.82. The first-order chi connectivity index (χ1) is 11.5. The SMILES string of the molecule is N#C/C(=C1\C=C(O)C(=O)c2ccccc21)c1ccc([N+](=O)[O-])cc1. The van der Waals surface area contributed by atoms with Crippen molar-refractivity contribution in [2.24, 2.45) is 0 Å². The lowest BCUT2D eigenvalue weighted by atomic mass is 9.86. The molecule has 116 valence electrons. The number of nitriles is 1. The molecule has 0 atom stereocenters. The lowest BCUT2D eigenvalue weighted by Crippen LogP contribution is -2.11. The van der Waals surface area contributed by atoms with Crippen LogP contribution in [0, 0.1) is 21.4 Å². The first-order valence-electron chi connectivity index (χ1n) is 6.97. The van der Waals surface area contributed by atoms with Gasteiger partial charge in [-0.2, -0.15) is 5.26 Å². The maximum atomic E-state index is 12.0. The fourth-order valence-electron chi connectivity index (χ4n) is 2.57. The Bertz CT molecular complexity index is 963. The molecule has 0 saturated heterocycles. The zero-order valence-corrected chi connectivity index (χ0v) is 12.3. The zero-order chi connectivity index (χ0) is 17.3. The van der Waals surface area contributed by atoms with Crippen molar-refractivity contribution >= 4 is 22.6 Å². The van der Waals surface area contributed by atoms with Crippen LogP contribution in [0.1, 0.15) is 21.5 Å². The summed E-state index contributed by atoms with van der Waals surface area (Å²) < 4.78 is 0. The summed E-state index contributed by atoms with van der Waals surface area (Å²) in [5, 5.41) is 30.2. The van der Waals surface area contributed by atoms with E-state index in [1.54, 1.807) is 24.3 Å². The molecule has 2 aromatic rings. The predicted octanol–water partition coefficient (Wildman–Crippen LogP) is 3.67. The fourth-order valence-corrected chi connectivity index (χ4v) is 2.57. The highest BCUT2D eigenvalue weighted by atomic mass is 16.6. The van der Waals surface area contributed by atoms with Gasteiger partial charge in [0.15, 0.2) is 5.76 Å². The van der Waals surface area contributed by atoms with Crippen LogP contribution in [0.3, 0.4) is 0 Å². The van der Waals surface area contributed by atoms with Crippen LogP contribution in [0.2, 0.25) is 0 Å². The number of aliphatic hydroxyl groups is 1. The number of benzene rings is 2. The molecule has 3 rings (SSSR count). The van der Waals surface area contributed by atoms with E-state index in [1.807, 2.05) is 0 Å². The van der Waals surface area contributed by atoms with Crippen LogP contribution in [-0.2, 0) is 0 Å². The van der Waals surface area contributed by atoms with Crippen molar-refractivity contribution in [3.8, 4) is 6.07 Å². The van der Waals surface area contributed by atoms with Crippen molar-refractivity contribution in [1.82, 2.24) is 0 Å². The number of rotatable bonds is 2. The average molecular weight is 318 g/mol. The van der Waals surface area contributed by atoms with E-state index in [4.69, 9.17) is 0 Å². The van der Waals surface area contributed by atoms with Gasteiger partial charge in [0.05, 0.1) is 10.5 Å². The minimum Gasteiger partial charge on any atom is -0.504 e. The molecule has 2 aromatic carbocycles. The number of allylic oxidation sites excluding steroid dienone is 4. The number of hydrogen-bond acceptors (Lipinski definition) is 5. The van der Waals surface area contributed by atoms with E-state index in [1.165, 1.54) is 30.3 Å². The van der Waals surface area contributed by atoms with Crippen molar-refractivity contribution in [2.45, 2.75) is 0 Å². The molecule has 0 heterocycles. The molecule has 1 aliphatic rings. The van der Waals surface area contributed by atoms with Gasteiger partial charge in [-0.3, -0.25) is 14.9 Å².